The second kappa shape index (κ2) is 20.7. The highest BCUT2D eigenvalue weighted by molar-refractivity contribution is 5.89. The zero-order valence-corrected chi connectivity index (χ0v) is 32.7. The number of hydrogen-bond acceptors (Lipinski definition) is 7. The van der Waals surface area contributed by atoms with E-state index in [0.717, 1.165) is 39.1 Å². The fourth-order valence-electron chi connectivity index (χ4n) is 7.30. The highest BCUT2D eigenvalue weighted by atomic mass is 16.6. The summed E-state index contributed by atoms with van der Waals surface area (Å²) in [5, 5.41) is 10.7. The summed E-state index contributed by atoms with van der Waals surface area (Å²) in [4.78, 5) is 13.1. The van der Waals surface area contributed by atoms with Crippen molar-refractivity contribution < 1.29 is 38.3 Å². The van der Waals surface area contributed by atoms with Gasteiger partial charge in [-0.2, -0.15) is 0 Å². The van der Waals surface area contributed by atoms with Gasteiger partial charge in [-0.25, -0.2) is 4.79 Å². The van der Waals surface area contributed by atoms with Crippen LogP contribution in [-0.4, -0.2) is 48.7 Å². The van der Waals surface area contributed by atoms with Crippen LogP contribution in [0.1, 0.15) is 62.3 Å². The van der Waals surface area contributed by atoms with Crippen molar-refractivity contribution in [1.29, 1.82) is 0 Å². The average Bonchev–Trinajstić information content (AvgIpc) is 3.26. The smallest absolute Gasteiger partial charge is 0.336 e. The summed E-state index contributed by atoms with van der Waals surface area (Å²) in [6, 6.07) is 53.2. The molecule has 5 unspecified atom stereocenters. The lowest BCUT2D eigenvalue weighted by molar-refractivity contribution is -0.275. The van der Waals surface area contributed by atoms with Crippen molar-refractivity contribution in [3.8, 4) is 5.75 Å². The molecule has 1 heterocycles. The Hall–Kier alpha value is -5.61. The van der Waals surface area contributed by atoms with Gasteiger partial charge in [-0.15, -0.1) is 0 Å². The Labute approximate surface area is 340 Å². The Morgan fingerprint density at radius 3 is 1.55 bits per heavy atom. The number of aromatic carboxylic acids is 1. The van der Waals surface area contributed by atoms with E-state index in [9.17, 15) is 9.90 Å². The molecule has 0 saturated carbocycles. The second-order valence-corrected chi connectivity index (χ2v) is 14.4. The van der Waals surface area contributed by atoms with Crippen LogP contribution in [0, 0.1) is 0 Å². The lowest BCUT2D eigenvalue weighted by Gasteiger charge is -2.46. The van der Waals surface area contributed by atoms with Crippen molar-refractivity contribution >= 4 is 5.97 Å². The van der Waals surface area contributed by atoms with Crippen LogP contribution in [-0.2, 0) is 56.5 Å². The fraction of sp³-hybridized carbons (Fsp3) is 0.260. The maximum atomic E-state index is 13.1. The Morgan fingerprint density at radius 2 is 1.03 bits per heavy atom. The second-order valence-electron chi connectivity index (χ2n) is 14.4. The first-order chi connectivity index (χ1) is 28.5. The van der Waals surface area contributed by atoms with Gasteiger partial charge in [0.05, 0.1) is 45.2 Å². The molecule has 7 rings (SSSR count). The average molecular weight is 779 g/mol. The zero-order valence-electron chi connectivity index (χ0n) is 32.7. The minimum atomic E-state index is -1.06. The summed E-state index contributed by atoms with van der Waals surface area (Å²) in [5.41, 5.74) is 6.57. The highest BCUT2D eigenvalue weighted by Gasteiger charge is 2.49. The SMILES string of the molecule is CCOc1ccc(Cc2ccc(C(=O)O)c(C3OC(COCc4ccccc4)C(OCc4ccccc4)C(OCc4ccccc4)C3OCc3ccccc3)c2)cc1. The fourth-order valence-corrected chi connectivity index (χ4v) is 7.30. The molecule has 8 nitrogen and oxygen atoms in total. The first kappa shape index (κ1) is 40.6. The minimum Gasteiger partial charge on any atom is -0.494 e. The molecule has 1 fully saturated rings. The highest BCUT2D eigenvalue weighted by Crippen LogP contribution is 2.40. The van der Waals surface area contributed by atoms with E-state index in [1.165, 1.54) is 0 Å². The summed E-state index contributed by atoms with van der Waals surface area (Å²) in [6.45, 7) is 3.87. The molecule has 1 aliphatic heterocycles. The Balaban J connectivity index is 1.29. The lowest BCUT2D eigenvalue weighted by Crippen LogP contribution is -2.58. The molecule has 0 bridgehead atoms. The molecule has 0 aromatic heterocycles. The Kier molecular flexibility index (Phi) is 14.5. The van der Waals surface area contributed by atoms with Crippen LogP contribution in [0.4, 0.5) is 0 Å². The number of hydrogen-bond donors (Lipinski definition) is 1. The normalized spacial score (nSPS) is 19.1. The zero-order chi connectivity index (χ0) is 39.9. The largest absolute Gasteiger partial charge is 0.494 e. The van der Waals surface area contributed by atoms with Crippen molar-refractivity contribution in [2.75, 3.05) is 13.2 Å². The molecule has 8 heteroatoms. The predicted molar refractivity (Wildman–Crippen MR) is 223 cm³/mol. The Morgan fingerprint density at radius 1 is 0.552 bits per heavy atom. The number of rotatable bonds is 19. The minimum absolute atomic E-state index is 0.128. The van der Waals surface area contributed by atoms with Gasteiger partial charge in [0.25, 0.3) is 0 Å². The van der Waals surface area contributed by atoms with Crippen LogP contribution < -0.4 is 4.74 Å². The molecule has 6 aromatic rings. The van der Waals surface area contributed by atoms with Crippen LogP contribution in [0.3, 0.4) is 0 Å². The summed E-state index contributed by atoms with van der Waals surface area (Å²) < 4.78 is 39.8. The van der Waals surface area contributed by atoms with Crippen molar-refractivity contribution in [1.82, 2.24) is 0 Å². The third kappa shape index (κ3) is 11.1. The summed E-state index contributed by atoms with van der Waals surface area (Å²) in [6.07, 6.45) is -3.09. The number of benzene rings is 6. The van der Waals surface area contributed by atoms with Crippen molar-refractivity contribution in [3.63, 3.8) is 0 Å². The first-order valence-electron chi connectivity index (χ1n) is 19.9. The van der Waals surface area contributed by atoms with E-state index in [1.807, 2.05) is 165 Å². The maximum Gasteiger partial charge on any atom is 0.336 e. The van der Waals surface area contributed by atoms with Gasteiger partial charge in [0, 0.05) is 0 Å². The third-order valence-corrected chi connectivity index (χ3v) is 10.2. The van der Waals surface area contributed by atoms with E-state index in [0.29, 0.717) is 31.8 Å². The van der Waals surface area contributed by atoms with Gasteiger partial charge in [0.1, 0.15) is 36.3 Å². The molecule has 0 spiro atoms. The van der Waals surface area contributed by atoms with Gasteiger partial charge in [-0.3, -0.25) is 0 Å². The van der Waals surface area contributed by atoms with E-state index < -0.39 is 36.5 Å². The van der Waals surface area contributed by atoms with Gasteiger partial charge in [0.2, 0.25) is 0 Å². The van der Waals surface area contributed by atoms with E-state index >= 15 is 0 Å². The maximum absolute atomic E-state index is 13.1. The molecule has 298 valence electrons. The number of carbonyl (C=O) groups is 1. The number of carboxylic acid groups (broad SMARTS) is 1. The van der Waals surface area contributed by atoms with Crippen LogP contribution in [0.15, 0.2) is 164 Å². The predicted octanol–water partition coefficient (Wildman–Crippen LogP) is 9.79. The van der Waals surface area contributed by atoms with Gasteiger partial charge in [-0.05, 0) is 70.5 Å². The summed E-state index contributed by atoms with van der Waals surface area (Å²) in [5.74, 6) is -0.262. The molecule has 6 aromatic carbocycles. The van der Waals surface area contributed by atoms with Crippen LogP contribution >= 0.6 is 0 Å². The molecule has 0 amide bonds. The van der Waals surface area contributed by atoms with Crippen molar-refractivity contribution in [2.24, 2.45) is 0 Å². The molecule has 0 radical (unpaired) electrons. The quantitative estimate of drug-likeness (QED) is 0.0870. The van der Waals surface area contributed by atoms with Crippen molar-refractivity contribution in [2.45, 2.75) is 70.3 Å². The molecule has 0 aliphatic carbocycles. The van der Waals surface area contributed by atoms with Gasteiger partial charge in [0.15, 0.2) is 0 Å². The van der Waals surface area contributed by atoms with Gasteiger partial charge >= 0.3 is 5.97 Å². The number of carboxylic acids is 1. The van der Waals surface area contributed by atoms with Crippen LogP contribution in [0.5, 0.6) is 5.75 Å². The summed E-state index contributed by atoms with van der Waals surface area (Å²) >= 11 is 0. The monoisotopic (exact) mass is 778 g/mol. The van der Waals surface area contributed by atoms with E-state index in [4.69, 9.17) is 28.4 Å². The molecule has 1 saturated heterocycles. The lowest BCUT2D eigenvalue weighted by atomic mass is 9.87. The van der Waals surface area contributed by atoms with E-state index in [1.54, 1.807) is 6.07 Å². The Bertz CT molecular complexity index is 2130. The molecule has 5 atom stereocenters. The van der Waals surface area contributed by atoms with Crippen LogP contribution in [0.2, 0.25) is 0 Å². The molecule has 58 heavy (non-hydrogen) atoms. The van der Waals surface area contributed by atoms with E-state index in [-0.39, 0.29) is 25.4 Å². The van der Waals surface area contributed by atoms with Crippen molar-refractivity contribution in [3.05, 3.63) is 208 Å². The topological polar surface area (TPSA) is 92.7 Å². The van der Waals surface area contributed by atoms with Gasteiger partial charge in [-0.1, -0.05) is 146 Å². The third-order valence-electron chi connectivity index (χ3n) is 10.2. The van der Waals surface area contributed by atoms with Gasteiger partial charge < -0.3 is 33.5 Å². The molecular formula is C50H50O8. The molecule has 1 aliphatic rings. The molecular weight excluding hydrogens is 729 g/mol. The van der Waals surface area contributed by atoms with Crippen LogP contribution in [0.25, 0.3) is 0 Å². The standard InChI is InChI=1S/C50H50O8/c1-2-54-42-26-23-36(24-27-42)29-41-25-28-43(50(51)52)44(30-41)46-48(56-33-39-19-11-5-12-20-39)49(57-34-40-21-13-6-14-22-40)47(55-32-38-17-9-4-10-18-38)45(58-46)35-53-31-37-15-7-3-8-16-37/h3-28,30,45-49H,2,29,31-35H2,1H3,(H,51,52). The summed E-state index contributed by atoms with van der Waals surface area (Å²) in [7, 11) is 0. The number of ether oxygens (including phenoxy) is 6. The molecule has 1 N–H and O–H groups in total. The van der Waals surface area contributed by atoms with E-state index in [2.05, 4.69) is 0 Å². The first-order valence-corrected chi connectivity index (χ1v) is 19.9.